The Morgan fingerprint density at radius 1 is 0.968 bits per heavy atom. The molecule has 0 radical (unpaired) electrons. The van der Waals surface area contributed by atoms with Crippen molar-refractivity contribution in [3.8, 4) is 28.6 Å². The number of aromatic nitrogens is 1. The summed E-state index contributed by atoms with van der Waals surface area (Å²) < 4.78 is 41.3. The summed E-state index contributed by atoms with van der Waals surface area (Å²) in [5, 5.41) is 3.84. The lowest BCUT2D eigenvalue weighted by molar-refractivity contribution is 0.0463. The summed E-state index contributed by atoms with van der Waals surface area (Å²) >= 11 is 0. The van der Waals surface area contributed by atoms with Gasteiger partial charge in [-0.3, -0.25) is 0 Å². The second-order valence-electron chi connectivity index (χ2n) is 6.34. The smallest absolute Gasteiger partial charge is 0.338 e. The van der Waals surface area contributed by atoms with Crippen LogP contribution in [0.3, 0.4) is 0 Å². The first kappa shape index (κ1) is 22.1. The van der Waals surface area contributed by atoms with E-state index in [0.717, 1.165) is 0 Å². The highest BCUT2D eigenvalue weighted by Gasteiger charge is 2.20. The lowest BCUT2D eigenvalue weighted by Gasteiger charge is -2.16. The van der Waals surface area contributed by atoms with E-state index in [1.807, 2.05) is 20.8 Å². The molecule has 3 rings (SSSR count). The molecule has 0 aliphatic rings. The average molecular weight is 429 g/mol. The third-order valence-electron chi connectivity index (χ3n) is 4.19. The third-order valence-corrected chi connectivity index (χ3v) is 4.19. The molecule has 3 aromatic rings. The highest BCUT2D eigenvalue weighted by Crippen LogP contribution is 2.39. The fourth-order valence-electron chi connectivity index (χ4n) is 2.90. The number of rotatable bonds is 10. The van der Waals surface area contributed by atoms with Crippen LogP contribution in [-0.2, 0) is 11.3 Å². The lowest BCUT2D eigenvalue weighted by Crippen LogP contribution is -2.09. The van der Waals surface area contributed by atoms with Gasteiger partial charge in [0.05, 0.1) is 30.9 Å². The van der Waals surface area contributed by atoms with Crippen molar-refractivity contribution < 1.29 is 32.7 Å². The molecule has 0 N–H and O–H groups in total. The second kappa shape index (κ2) is 10.5. The van der Waals surface area contributed by atoms with E-state index in [1.165, 1.54) is 12.1 Å². The number of esters is 1. The number of hydrogen-bond acceptors (Lipinski definition) is 7. The Morgan fingerprint density at radius 2 is 1.61 bits per heavy atom. The molecule has 2 aromatic carbocycles. The molecule has 1 aromatic heterocycles. The van der Waals surface area contributed by atoms with Crippen LogP contribution in [0.1, 0.15) is 36.8 Å². The number of carbonyl (C=O) groups excluding carboxylic acids is 1. The molecule has 31 heavy (non-hydrogen) atoms. The summed E-state index contributed by atoms with van der Waals surface area (Å²) in [7, 11) is 0. The summed E-state index contributed by atoms with van der Waals surface area (Å²) in [5.41, 5.74) is 0.877. The molecule has 0 bridgehead atoms. The van der Waals surface area contributed by atoms with E-state index in [1.54, 1.807) is 30.3 Å². The first-order valence-electron chi connectivity index (χ1n) is 10.0. The van der Waals surface area contributed by atoms with Gasteiger partial charge in [-0.15, -0.1) is 0 Å². The minimum Gasteiger partial charge on any atom is -0.490 e. The topological polar surface area (TPSA) is 80.0 Å². The largest absolute Gasteiger partial charge is 0.490 e. The van der Waals surface area contributed by atoms with Crippen LogP contribution in [0.5, 0.6) is 17.2 Å². The van der Waals surface area contributed by atoms with Crippen molar-refractivity contribution in [1.29, 1.82) is 0 Å². The van der Waals surface area contributed by atoms with E-state index >= 15 is 0 Å². The van der Waals surface area contributed by atoms with E-state index in [-0.39, 0.29) is 23.5 Å². The lowest BCUT2D eigenvalue weighted by atomic mass is 10.1. The van der Waals surface area contributed by atoms with Crippen LogP contribution in [0.25, 0.3) is 11.3 Å². The van der Waals surface area contributed by atoms with Gasteiger partial charge in [0, 0.05) is 6.07 Å². The molecule has 0 aliphatic heterocycles. The second-order valence-corrected chi connectivity index (χ2v) is 6.34. The normalized spacial score (nSPS) is 10.6. The minimum absolute atomic E-state index is 0.141. The molecule has 0 atom stereocenters. The van der Waals surface area contributed by atoms with E-state index < -0.39 is 11.8 Å². The first-order valence-corrected chi connectivity index (χ1v) is 10.0. The third kappa shape index (κ3) is 5.33. The number of halogens is 1. The summed E-state index contributed by atoms with van der Waals surface area (Å²) in [5.74, 6) is 0.455. The maximum absolute atomic E-state index is 13.9. The zero-order valence-corrected chi connectivity index (χ0v) is 17.6. The maximum Gasteiger partial charge on any atom is 0.338 e. The van der Waals surface area contributed by atoms with Gasteiger partial charge in [-0.2, -0.15) is 0 Å². The summed E-state index contributed by atoms with van der Waals surface area (Å²) in [6.45, 7) is 6.57. The zero-order chi connectivity index (χ0) is 22.2. The van der Waals surface area contributed by atoms with Crippen molar-refractivity contribution in [3.63, 3.8) is 0 Å². The van der Waals surface area contributed by atoms with Gasteiger partial charge in [-0.25, -0.2) is 9.18 Å². The van der Waals surface area contributed by atoms with Gasteiger partial charge in [0.1, 0.15) is 18.1 Å². The maximum atomic E-state index is 13.9. The fourth-order valence-corrected chi connectivity index (χ4v) is 2.90. The summed E-state index contributed by atoms with van der Waals surface area (Å²) in [4.78, 5) is 12.6. The Balaban J connectivity index is 1.76. The first-order chi connectivity index (χ1) is 15.1. The van der Waals surface area contributed by atoms with Crippen molar-refractivity contribution in [2.24, 2.45) is 0 Å². The number of benzene rings is 2. The number of hydrogen-bond donors (Lipinski definition) is 0. The highest BCUT2D eigenvalue weighted by atomic mass is 19.1. The highest BCUT2D eigenvalue weighted by molar-refractivity contribution is 5.91. The Kier molecular flexibility index (Phi) is 7.48. The summed E-state index contributed by atoms with van der Waals surface area (Å²) in [6, 6.07) is 10.8. The molecule has 0 saturated heterocycles. The SMILES string of the molecule is CCOc1cc(C(=O)OCc2cc(-c3ccccc3F)on2)cc(OCC)c1OCC. The quantitative estimate of drug-likeness (QED) is 0.418. The molecule has 0 saturated carbocycles. The van der Waals surface area contributed by atoms with Crippen LogP contribution in [0.15, 0.2) is 47.0 Å². The van der Waals surface area contributed by atoms with Gasteiger partial charge >= 0.3 is 5.97 Å². The molecule has 1 heterocycles. The van der Waals surface area contributed by atoms with Crippen molar-refractivity contribution >= 4 is 5.97 Å². The van der Waals surface area contributed by atoms with Crippen LogP contribution in [0.2, 0.25) is 0 Å². The Morgan fingerprint density at radius 3 is 2.23 bits per heavy atom. The molecule has 0 aliphatic carbocycles. The van der Waals surface area contributed by atoms with Gasteiger partial charge in [0.2, 0.25) is 5.75 Å². The molecular weight excluding hydrogens is 405 g/mol. The number of carbonyl (C=O) groups is 1. The van der Waals surface area contributed by atoms with Crippen LogP contribution in [0.4, 0.5) is 4.39 Å². The molecule has 8 heteroatoms. The molecule has 0 spiro atoms. The molecule has 164 valence electrons. The average Bonchev–Trinajstić information content (AvgIpc) is 3.23. The van der Waals surface area contributed by atoms with Crippen LogP contribution >= 0.6 is 0 Å². The van der Waals surface area contributed by atoms with E-state index in [2.05, 4.69) is 5.16 Å². The Labute approximate surface area is 179 Å². The summed E-state index contributed by atoms with van der Waals surface area (Å²) in [6.07, 6.45) is 0. The van der Waals surface area contributed by atoms with Crippen molar-refractivity contribution in [3.05, 3.63) is 59.5 Å². The van der Waals surface area contributed by atoms with Crippen LogP contribution in [-0.4, -0.2) is 30.9 Å². The standard InChI is InChI=1S/C23H24FNO6/c1-4-27-20-11-15(12-21(28-5-2)22(20)29-6-3)23(26)30-14-16-13-19(31-25-16)17-9-7-8-10-18(17)24/h7-13H,4-6,14H2,1-3H3. The number of ether oxygens (including phenoxy) is 4. The van der Waals surface area contributed by atoms with Gasteiger partial charge in [0.25, 0.3) is 0 Å². The Bertz CT molecular complexity index is 1010. The van der Waals surface area contributed by atoms with Crippen molar-refractivity contribution in [2.75, 3.05) is 19.8 Å². The van der Waals surface area contributed by atoms with Gasteiger partial charge in [-0.1, -0.05) is 17.3 Å². The minimum atomic E-state index is -0.597. The molecule has 0 amide bonds. The van der Waals surface area contributed by atoms with Gasteiger partial charge in [-0.05, 0) is 45.0 Å². The number of nitrogens with zero attached hydrogens (tertiary/aromatic N) is 1. The van der Waals surface area contributed by atoms with E-state index in [0.29, 0.717) is 42.8 Å². The molecular formula is C23H24FNO6. The molecule has 0 fully saturated rings. The van der Waals surface area contributed by atoms with Crippen LogP contribution in [0, 0.1) is 5.82 Å². The van der Waals surface area contributed by atoms with E-state index in [4.69, 9.17) is 23.5 Å². The predicted molar refractivity (Wildman–Crippen MR) is 111 cm³/mol. The monoisotopic (exact) mass is 429 g/mol. The van der Waals surface area contributed by atoms with Crippen LogP contribution < -0.4 is 14.2 Å². The Hall–Kier alpha value is -3.55. The molecule has 7 nitrogen and oxygen atoms in total. The van der Waals surface area contributed by atoms with Gasteiger partial charge < -0.3 is 23.5 Å². The van der Waals surface area contributed by atoms with Crippen molar-refractivity contribution in [1.82, 2.24) is 5.16 Å². The van der Waals surface area contributed by atoms with Gasteiger partial charge in [0.15, 0.2) is 17.3 Å². The molecule has 0 unspecified atom stereocenters. The van der Waals surface area contributed by atoms with Crippen molar-refractivity contribution in [2.45, 2.75) is 27.4 Å². The predicted octanol–water partition coefficient (Wildman–Crippen LogP) is 5.03. The van der Waals surface area contributed by atoms with E-state index in [9.17, 15) is 9.18 Å². The zero-order valence-electron chi connectivity index (χ0n) is 17.6. The fraction of sp³-hybridized carbons (Fsp3) is 0.304.